The maximum Gasteiger partial charge on any atom is 0.330 e. The molecule has 0 aromatic heterocycles. The third kappa shape index (κ3) is 2.88. The van der Waals surface area contributed by atoms with Crippen molar-refractivity contribution < 1.29 is 9.90 Å². The highest BCUT2D eigenvalue weighted by Crippen LogP contribution is 2.20. The molecule has 92 valence electrons. The third-order valence-corrected chi connectivity index (χ3v) is 2.74. The molecule has 1 atom stereocenters. The predicted octanol–water partition coefficient (Wildman–Crippen LogP) is 3.23. The Morgan fingerprint density at radius 1 is 1.06 bits per heavy atom. The normalized spacial score (nSPS) is 11.8. The van der Waals surface area contributed by atoms with Gasteiger partial charge in [0.1, 0.15) is 0 Å². The predicted molar refractivity (Wildman–Crippen MR) is 71.6 cm³/mol. The Balaban J connectivity index is 2.22. The summed E-state index contributed by atoms with van der Waals surface area (Å²) in [5.74, 6) is -0.887. The summed E-state index contributed by atoms with van der Waals surface area (Å²) < 4.78 is 0. The Kier molecular flexibility index (Phi) is 3.63. The van der Waals surface area contributed by atoms with Crippen molar-refractivity contribution in [3.05, 3.63) is 65.7 Å². The van der Waals surface area contributed by atoms with E-state index in [1.165, 1.54) is 0 Å². The molecule has 1 unspecified atom stereocenters. The van der Waals surface area contributed by atoms with Gasteiger partial charge < -0.3 is 10.4 Å². The number of carboxylic acid groups (broad SMARTS) is 1. The van der Waals surface area contributed by atoms with Crippen LogP contribution in [0.3, 0.4) is 0 Å². The Labute approximate surface area is 106 Å². The lowest BCUT2D eigenvalue weighted by Gasteiger charge is -2.16. The number of hydrogen-bond donors (Lipinski definition) is 2. The lowest BCUT2D eigenvalue weighted by molar-refractivity contribution is -0.138. The summed E-state index contributed by atoms with van der Waals surface area (Å²) in [7, 11) is 0. The van der Waals surface area contributed by atoms with E-state index >= 15 is 0 Å². The fourth-order valence-corrected chi connectivity index (χ4v) is 1.75. The van der Waals surface area contributed by atoms with Gasteiger partial charge in [0, 0.05) is 5.69 Å². The van der Waals surface area contributed by atoms with Crippen LogP contribution in [0.4, 0.5) is 5.69 Å². The molecule has 2 N–H and O–H groups in total. The number of carboxylic acids is 1. The van der Waals surface area contributed by atoms with E-state index in [2.05, 4.69) is 5.32 Å². The lowest BCUT2D eigenvalue weighted by atomic mass is 10.1. The molecule has 0 aliphatic carbocycles. The number of aliphatic carboxylic acids is 1. The number of hydrogen-bond acceptors (Lipinski definition) is 2. The van der Waals surface area contributed by atoms with Crippen molar-refractivity contribution in [2.75, 3.05) is 5.32 Å². The Bertz CT molecular complexity index is 520. The van der Waals surface area contributed by atoms with Crippen LogP contribution < -0.4 is 5.32 Å². The quantitative estimate of drug-likeness (QED) is 0.864. The van der Waals surface area contributed by atoms with Crippen molar-refractivity contribution in [2.45, 2.75) is 13.0 Å². The molecule has 0 amide bonds. The summed E-state index contributed by atoms with van der Waals surface area (Å²) in [6, 6.07) is 16.1. The van der Waals surface area contributed by atoms with Crippen molar-refractivity contribution >= 4 is 11.7 Å². The monoisotopic (exact) mass is 241 g/mol. The van der Waals surface area contributed by atoms with Crippen LogP contribution in [-0.2, 0) is 4.79 Å². The average Bonchev–Trinajstić information content (AvgIpc) is 2.38. The number of carbonyl (C=O) groups is 1. The van der Waals surface area contributed by atoms with Gasteiger partial charge in [-0.1, -0.05) is 48.0 Å². The van der Waals surface area contributed by atoms with Crippen molar-refractivity contribution in [3.63, 3.8) is 0 Å². The van der Waals surface area contributed by atoms with Gasteiger partial charge in [0.05, 0.1) is 0 Å². The second-order valence-electron chi connectivity index (χ2n) is 4.19. The van der Waals surface area contributed by atoms with Crippen molar-refractivity contribution in [2.24, 2.45) is 0 Å². The van der Waals surface area contributed by atoms with Gasteiger partial charge in [-0.05, 0) is 24.6 Å². The van der Waals surface area contributed by atoms with Gasteiger partial charge in [0.2, 0.25) is 0 Å². The molecular weight excluding hydrogens is 226 g/mol. The summed E-state index contributed by atoms with van der Waals surface area (Å²) >= 11 is 0. The maximum absolute atomic E-state index is 11.3. The Hall–Kier alpha value is -2.29. The zero-order valence-electron chi connectivity index (χ0n) is 10.1. The van der Waals surface area contributed by atoms with E-state index in [0.29, 0.717) is 0 Å². The molecule has 0 aliphatic rings. The minimum atomic E-state index is -0.887. The zero-order chi connectivity index (χ0) is 13.0. The Morgan fingerprint density at radius 2 is 1.67 bits per heavy atom. The summed E-state index contributed by atoms with van der Waals surface area (Å²) in [5.41, 5.74) is 2.69. The van der Waals surface area contributed by atoms with Crippen LogP contribution in [-0.4, -0.2) is 11.1 Å². The van der Waals surface area contributed by atoms with E-state index in [4.69, 9.17) is 0 Å². The highest BCUT2D eigenvalue weighted by atomic mass is 16.4. The van der Waals surface area contributed by atoms with Gasteiger partial charge in [-0.15, -0.1) is 0 Å². The smallest absolute Gasteiger partial charge is 0.330 e. The van der Waals surface area contributed by atoms with Crippen LogP contribution in [0.5, 0.6) is 0 Å². The largest absolute Gasteiger partial charge is 0.479 e. The van der Waals surface area contributed by atoms with E-state index < -0.39 is 12.0 Å². The summed E-state index contributed by atoms with van der Waals surface area (Å²) in [4.78, 5) is 11.3. The third-order valence-electron chi connectivity index (χ3n) is 2.74. The molecule has 0 radical (unpaired) electrons. The first-order valence-electron chi connectivity index (χ1n) is 5.78. The van der Waals surface area contributed by atoms with Gasteiger partial charge in [0.25, 0.3) is 0 Å². The molecule has 2 aromatic carbocycles. The summed E-state index contributed by atoms with van der Waals surface area (Å²) in [6.07, 6.45) is 0. The molecule has 0 saturated heterocycles. The second-order valence-corrected chi connectivity index (χ2v) is 4.19. The van der Waals surface area contributed by atoms with Crippen LogP contribution in [0, 0.1) is 6.92 Å². The standard InChI is InChI=1S/C15H15NO2/c1-11-7-9-13(10-8-11)16-14(15(17)18)12-5-3-2-4-6-12/h2-10,14,16H,1H3,(H,17,18). The van der Waals surface area contributed by atoms with Crippen LogP contribution in [0.15, 0.2) is 54.6 Å². The average molecular weight is 241 g/mol. The SMILES string of the molecule is Cc1ccc(NC(C(=O)O)c2ccccc2)cc1. The molecular formula is C15H15NO2. The van der Waals surface area contributed by atoms with Gasteiger partial charge in [0.15, 0.2) is 6.04 Å². The number of aryl methyl sites for hydroxylation is 1. The minimum Gasteiger partial charge on any atom is -0.479 e. The first-order valence-corrected chi connectivity index (χ1v) is 5.78. The highest BCUT2D eigenvalue weighted by Gasteiger charge is 2.18. The molecule has 0 spiro atoms. The van der Waals surface area contributed by atoms with E-state index in [0.717, 1.165) is 16.8 Å². The van der Waals surface area contributed by atoms with Gasteiger partial charge in [-0.25, -0.2) is 4.79 Å². The molecule has 3 heteroatoms. The van der Waals surface area contributed by atoms with Crippen LogP contribution >= 0.6 is 0 Å². The van der Waals surface area contributed by atoms with Crippen molar-refractivity contribution in [1.29, 1.82) is 0 Å². The number of nitrogens with one attached hydrogen (secondary N) is 1. The van der Waals surface area contributed by atoms with Crippen molar-refractivity contribution in [3.8, 4) is 0 Å². The number of rotatable bonds is 4. The van der Waals surface area contributed by atoms with E-state index in [-0.39, 0.29) is 0 Å². The first-order chi connectivity index (χ1) is 8.66. The van der Waals surface area contributed by atoms with E-state index in [1.807, 2.05) is 49.4 Å². The number of benzene rings is 2. The topological polar surface area (TPSA) is 49.3 Å². The molecule has 18 heavy (non-hydrogen) atoms. The molecule has 3 nitrogen and oxygen atoms in total. The molecule has 0 aliphatic heterocycles. The molecule has 0 saturated carbocycles. The lowest BCUT2D eigenvalue weighted by Crippen LogP contribution is -2.20. The molecule has 0 heterocycles. The zero-order valence-corrected chi connectivity index (χ0v) is 10.1. The number of anilines is 1. The van der Waals surface area contributed by atoms with Gasteiger partial charge in [-0.2, -0.15) is 0 Å². The van der Waals surface area contributed by atoms with Crippen molar-refractivity contribution in [1.82, 2.24) is 0 Å². The highest BCUT2D eigenvalue weighted by molar-refractivity contribution is 5.79. The van der Waals surface area contributed by atoms with E-state index in [9.17, 15) is 9.90 Å². The first kappa shape index (κ1) is 12.2. The second kappa shape index (κ2) is 5.36. The fourth-order valence-electron chi connectivity index (χ4n) is 1.75. The van der Waals surface area contributed by atoms with Gasteiger partial charge >= 0.3 is 5.97 Å². The summed E-state index contributed by atoms with van der Waals surface area (Å²) in [5, 5.41) is 12.3. The Morgan fingerprint density at radius 3 is 2.22 bits per heavy atom. The molecule has 0 fully saturated rings. The molecule has 0 bridgehead atoms. The maximum atomic E-state index is 11.3. The van der Waals surface area contributed by atoms with Gasteiger partial charge in [-0.3, -0.25) is 0 Å². The minimum absolute atomic E-state index is 0.728. The van der Waals surface area contributed by atoms with Crippen LogP contribution in [0.2, 0.25) is 0 Å². The van der Waals surface area contributed by atoms with Crippen LogP contribution in [0.1, 0.15) is 17.2 Å². The van der Waals surface area contributed by atoms with E-state index in [1.54, 1.807) is 12.1 Å². The summed E-state index contributed by atoms with van der Waals surface area (Å²) in [6.45, 7) is 2.00. The fraction of sp³-hybridized carbons (Fsp3) is 0.133. The molecule has 2 rings (SSSR count). The van der Waals surface area contributed by atoms with Crippen LogP contribution in [0.25, 0.3) is 0 Å². The molecule has 2 aromatic rings.